The van der Waals surface area contributed by atoms with Crippen LogP contribution in [0.25, 0.3) is 0 Å². The molecule has 1 saturated heterocycles. The molecule has 0 unspecified atom stereocenters. The number of carbonyl (C=O) groups is 1. The Bertz CT molecular complexity index is 113. The number of nitrogens with one attached hydrogen (secondary N) is 1. The summed E-state index contributed by atoms with van der Waals surface area (Å²) in [6.45, 7) is 1.95. The molecule has 1 N–H and O–H groups in total. The van der Waals surface area contributed by atoms with Gasteiger partial charge < -0.3 is 4.74 Å². The van der Waals surface area contributed by atoms with E-state index < -0.39 is 0 Å². The van der Waals surface area contributed by atoms with Crippen LogP contribution in [-0.4, -0.2) is 25.2 Å². The van der Waals surface area contributed by atoms with Crippen molar-refractivity contribution < 1.29 is 9.53 Å². The Kier molecular flexibility index (Phi) is 1.21. The third kappa shape index (κ3) is 0.816. The summed E-state index contributed by atoms with van der Waals surface area (Å²) in [5, 5.41) is 2.91. The molecule has 0 aromatic heterocycles. The van der Waals surface area contributed by atoms with Gasteiger partial charge in [0.1, 0.15) is 6.04 Å². The molecule has 0 saturated carbocycles. The van der Waals surface area contributed by atoms with Crippen LogP contribution in [0.2, 0.25) is 0 Å². The summed E-state index contributed by atoms with van der Waals surface area (Å²) in [5.74, 6) is -0.155. The molecule has 2 atom stereocenters. The van der Waals surface area contributed by atoms with Gasteiger partial charge >= 0.3 is 5.97 Å². The van der Waals surface area contributed by atoms with Gasteiger partial charge in [-0.15, -0.1) is 0 Å². The molecule has 3 heteroatoms. The standard InChI is InChI=1S/C5H9NO2/c1-3-4(6-3)5(7)8-2/h3-4,6H,1-2H3/t3-,4+/m0/s1. The molecule has 0 spiro atoms. The summed E-state index contributed by atoms with van der Waals surface area (Å²) in [6, 6.07) is 0.294. The predicted molar refractivity (Wildman–Crippen MR) is 28.4 cm³/mol. The monoisotopic (exact) mass is 115 g/mol. The zero-order chi connectivity index (χ0) is 6.15. The van der Waals surface area contributed by atoms with Crippen molar-refractivity contribution >= 4 is 5.97 Å². The molecule has 0 aliphatic carbocycles. The summed E-state index contributed by atoms with van der Waals surface area (Å²) >= 11 is 0. The number of methoxy groups -OCH3 is 1. The molecular weight excluding hydrogens is 106 g/mol. The lowest BCUT2D eigenvalue weighted by Gasteiger charge is -1.89. The van der Waals surface area contributed by atoms with E-state index in [4.69, 9.17) is 0 Å². The first-order valence-electron chi connectivity index (χ1n) is 2.59. The second-order valence-corrected chi connectivity index (χ2v) is 1.96. The van der Waals surface area contributed by atoms with Gasteiger partial charge in [0.05, 0.1) is 7.11 Å². The Morgan fingerprint density at radius 1 is 1.75 bits per heavy atom. The van der Waals surface area contributed by atoms with E-state index in [1.54, 1.807) is 0 Å². The summed E-state index contributed by atoms with van der Waals surface area (Å²) in [5.41, 5.74) is 0. The minimum atomic E-state index is -0.155. The van der Waals surface area contributed by atoms with E-state index in [0.717, 1.165) is 0 Å². The fourth-order valence-corrected chi connectivity index (χ4v) is 0.627. The fourth-order valence-electron chi connectivity index (χ4n) is 0.627. The Labute approximate surface area is 48.0 Å². The first-order chi connectivity index (χ1) is 3.75. The summed E-state index contributed by atoms with van der Waals surface area (Å²) in [7, 11) is 1.40. The van der Waals surface area contributed by atoms with Crippen LogP contribution < -0.4 is 5.32 Å². The third-order valence-corrected chi connectivity index (χ3v) is 1.29. The topological polar surface area (TPSA) is 48.2 Å². The molecular formula is C5H9NO2. The average molecular weight is 115 g/mol. The zero-order valence-electron chi connectivity index (χ0n) is 4.97. The third-order valence-electron chi connectivity index (χ3n) is 1.29. The maximum atomic E-state index is 10.5. The molecule has 8 heavy (non-hydrogen) atoms. The van der Waals surface area contributed by atoms with Gasteiger partial charge in [0.25, 0.3) is 0 Å². The molecule has 1 heterocycles. The van der Waals surface area contributed by atoms with E-state index in [1.165, 1.54) is 7.11 Å². The van der Waals surface area contributed by atoms with Crippen molar-refractivity contribution in [2.45, 2.75) is 19.0 Å². The Morgan fingerprint density at radius 2 is 2.25 bits per heavy atom. The lowest BCUT2D eigenvalue weighted by Crippen LogP contribution is -2.11. The average Bonchev–Trinajstić information content (AvgIpc) is 2.45. The van der Waals surface area contributed by atoms with Gasteiger partial charge in [0, 0.05) is 6.04 Å². The smallest absolute Gasteiger partial charge is 0.324 e. The van der Waals surface area contributed by atoms with Crippen LogP contribution in [0.5, 0.6) is 0 Å². The minimum Gasteiger partial charge on any atom is -0.468 e. The van der Waals surface area contributed by atoms with Gasteiger partial charge in [0.15, 0.2) is 0 Å². The van der Waals surface area contributed by atoms with Crippen LogP contribution in [0.4, 0.5) is 0 Å². The molecule has 0 bridgehead atoms. The van der Waals surface area contributed by atoms with Crippen LogP contribution >= 0.6 is 0 Å². The molecule has 1 aliphatic heterocycles. The zero-order valence-corrected chi connectivity index (χ0v) is 4.97. The van der Waals surface area contributed by atoms with Crippen molar-refractivity contribution in [3.63, 3.8) is 0 Å². The number of rotatable bonds is 1. The molecule has 1 rings (SSSR count). The van der Waals surface area contributed by atoms with Crippen molar-refractivity contribution in [1.82, 2.24) is 5.32 Å². The molecule has 0 aromatic carbocycles. The van der Waals surface area contributed by atoms with Crippen LogP contribution in [-0.2, 0) is 9.53 Å². The Balaban J connectivity index is 2.28. The highest BCUT2D eigenvalue weighted by Crippen LogP contribution is 2.09. The normalized spacial score (nSPS) is 34.2. The van der Waals surface area contributed by atoms with Crippen LogP contribution in [0.3, 0.4) is 0 Å². The second-order valence-electron chi connectivity index (χ2n) is 1.96. The second kappa shape index (κ2) is 1.74. The Hall–Kier alpha value is -0.570. The van der Waals surface area contributed by atoms with Gasteiger partial charge in [-0.25, -0.2) is 0 Å². The fraction of sp³-hybridized carbons (Fsp3) is 0.800. The molecule has 46 valence electrons. The highest BCUT2D eigenvalue weighted by molar-refractivity contribution is 5.79. The van der Waals surface area contributed by atoms with E-state index in [9.17, 15) is 4.79 Å². The van der Waals surface area contributed by atoms with Crippen LogP contribution in [0, 0.1) is 0 Å². The summed E-state index contributed by atoms with van der Waals surface area (Å²) < 4.78 is 4.44. The van der Waals surface area contributed by atoms with Crippen molar-refractivity contribution in [2.24, 2.45) is 0 Å². The Morgan fingerprint density at radius 3 is 2.38 bits per heavy atom. The molecule has 0 aromatic rings. The van der Waals surface area contributed by atoms with E-state index in [0.29, 0.717) is 6.04 Å². The number of carbonyl (C=O) groups excluding carboxylic acids is 1. The lowest BCUT2D eigenvalue weighted by atomic mass is 10.3. The molecule has 3 nitrogen and oxygen atoms in total. The van der Waals surface area contributed by atoms with Crippen LogP contribution in [0.15, 0.2) is 0 Å². The van der Waals surface area contributed by atoms with Crippen molar-refractivity contribution in [3.8, 4) is 0 Å². The van der Waals surface area contributed by atoms with Gasteiger partial charge in [0.2, 0.25) is 0 Å². The van der Waals surface area contributed by atoms with Crippen molar-refractivity contribution in [1.29, 1.82) is 0 Å². The van der Waals surface area contributed by atoms with Gasteiger partial charge in [-0.3, -0.25) is 10.1 Å². The number of ether oxygens (including phenoxy) is 1. The summed E-state index contributed by atoms with van der Waals surface area (Å²) in [6.07, 6.45) is 0. The first kappa shape index (κ1) is 5.56. The van der Waals surface area contributed by atoms with Gasteiger partial charge in [-0.1, -0.05) is 0 Å². The lowest BCUT2D eigenvalue weighted by molar-refractivity contribution is -0.140. The van der Waals surface area contributed by atoms with Gasteiger partial charge in [-0.05, 0) is 6.92 Å². The number of esters is 1. The highest BCUT2D eigenvalue weighted by atomic mass is 16.5. The number of hydrogen-bond donors (Lipinski definition) is 1. The maximum absolute atomic E-state index is 10.5. The first-order valence-corrected chi connectivity index (χ1v) is 2.59. The van der Waals surface area contributed by atoms with E-state index in [2.05, 4.69) is 10.1 Å². The number of hydrogen-bond acceptors (Lipinski definition) is 3. The maximum Gasteiger partial charge on any atom is 0.324 e. The van der Waals surface area contributed by atoms with Crippen LogP contribution in [0.1, 0.15) is 6.92 Å². The van der Waals surface area contributed by atoms with Crippen molar-refractivity contribution in [2.75, 3.05) is 7.11 Å². The highest BCUT2D eigenvalue weighted by Gasteiger charge is 2.39. The predicted octanol–water partition coefficient (Wildman–Crippen LogP) is -0.480. The van der Waals surface area contributed by atoms with Crippen molar-refractivity contribution in [3.05, 3.63) is 0 Å². The molecule has 1 aliphatic rings. The largest absolute Gasteiger partial charge is 0.468 e. The van der Waals surface area contributed by atoms with Gasteiger partial charge in [-0.2, -0.15) is 0 Å². The molecule has 1 fully saturated rings. The summed E-state index contributed by atoms with van der Waals surface area (Å²) in [4.78, 5) is 10.5. The van der Waals surface area contributed by atoms with E-state index in [1.807, 2.05) is 6.92 Å². The minimum absolute atomic E-state index is 0.0278. The quantitative estimate of drug-likeness (QED) is 0.371. The SMILES string of the molecule is COC(=O)[C@@H]1N[C@H]1C. The van der Waals surface area contributed by atoms with E-state index >= 15 is 0 Å². The molecule has 0 amide bonds. The van der Waals surface area contributed by atoms with E-state index in [-0.39, 0.29) is 12.0 Å². The molecule has 0 radical (unpaired) electrons.